The summed E-state index contributed by atoms with van der Waals surface area (Å²) < 4.78 is 0. The molecule has 100 valence electrons. The molecule has 0 aliphatic heterocycles. The molecule has 0 bridgehead atoms. The van der Waals surface area contributed by atoms with Crippen LogP contribution >= 0.6 is 0 Å². The lowest BCUT2D eigenvalue weighted by Gasteiger charge is -2.20. The standard InChI is InChI=1S/C16H31N/c1-7-9-10-16(5,6)11-12-17-13-15(4)14(3)8-2/h7,9,12,14-15H,8,10-11,13H2,1-6H3/b9-7+,17-12?. The van der Waals surface area contributed by atoms with Crippen molar-refractivity contribution in [3.63, 3.8) is 0 Å². The lowest BCUT2D eigenvalue weighted by molar-refractivity contribution is 0.380. The molecule has 0 aliphatic rings. The third-order valence-electron chi connectivity index (χ3n) is 3.69. The zero-order chi connectivity index (χ0) is 13.3. The van der Waals surface area contributed by atoms with E-state index in [1.54, 1.807) is 0 Å². The molecule has 1 heteroatoms. The van der Waals surface area contributed by atoms with Crippen LogP contribution in [0.1, 0.15) is 60.8 Å². The van der Waals surface area contributed by atoms with Crippen molar-refractivity contribution in [3.8, 4) is 0 Å². The Kier molecular flexibility index (Phi) is 8.20. The van der Waals surface area contributed by atoms with Crippen molar-refractivity contribution in [1.82, 2.24) is 0 Å². The van der Waals surface area contributed by atoms with Gasteiger partial charge in [0, 0.05) is 6.54 Å². The molecule has 0 aromatic rings. The maximum absolute atomic E-state index is 4.58. The minimum Gasteiger partial charge on any atom is -0.297 e. The highest BCUT2D eigenvalue weighted by Crippen LogP contribution is 2.24. The first-order valence-electron chi connectivity index (χ1n) is 7.02. The molecule has 0 aliphatic carbocycles. The number of hydrogen-bond acceptors (Lipinski definition) is 1. The molecule has 17 heavy (non-hydrogen) atoms. The van der Waals surface area contributed by atoms with Gasteiger partial charge in [0.15, 0.2) is 0 Å². The van der Waals surface area contributed by atoms with Crippen LogP contribution in [-0.4, -0.2) is 12.8 Å². The van der Waals surface area contributed by atoms with E-state index in [4.69, 9.17) is 0 Å². The van der Waals surface area contributed by atoms with Crippen molar-refractivity contribution >= 4 is 6.21 Å². The van der Waals surface area contributed by atoms with E-state index in [1.165, 1.54) is 6.42 Å². The first-order valence-corrected chi connectivity index (χ1v) is 7.02. The summed E-state index contributed by atoms with van der Waals surface area (Å²) in [6.07, 6.45) is 9.96. The minimum absolute atomic E-state index is 0.343. The zero-order valence-corrected chi connectivity index (χ0v) is 12.7. The maximum atomic E-state index is 4.58. The first kappa shape index (κ1) is 16.4. The number of allylic oxidation sites excluding steroid dienone is 2. The Balaban J connectivity index is 3.94. The number of rotatable bonds is 8. The van der Waals surface area contributed by atoms with Gasteiger partial charge in [-0.1, -0.05) is 53.2 Å². The van der Waals surface area contributed by atoms with E-state index in [0.717, 1.165) is 25.3 Å². The summed E-state index contributed by atoms with van der Waals surface area (Å²) in [4.78, 5) is 4.58. The Morgan fingerprint density at radius 3 is 2.29 bits per heavy atom. The van der Waals surface area contributed by atoms with Crippen LogP contribution in [0, 0.1) is 17.3 Å². The minimum atomic E-state index is 0.343. The molecule has 0 amide bonds. The second kappa shape index (κ2) is 8.49. The van der Waals surface area contributed by atoms with Crippen LogP contribution < -0.4 is 0 Å². The number of nitrogens with zero attached hydrogens (tertiary/aromatic N) is 1. The predicted molar refractivity (Wildman–Crippen MR) is 79.8 cm³/mol. The van der Waals surface area contributed by atoms with Crippen molar-refractivity contribution < 1.29 is 0 Å². The van der Waals surface area contributed by atoms with Crippen molar-refractivity contribution in [3.05, 3.63) is 12.2 Å². The molecule has 2 atom stereocenters. The lowest BCUT2D eigenvalue weighted by atomic mass is 9.86. The average Bonchev–Trinajstić information content (AvgIpc) is 2.30. The molecular formula is C16H31N. The highest BCUT2D eigenvalue weighted by Gasteiger charge is 2.14. The van der Waals surface area contributed by atoms with Crippen LogP contribution in [0.4, 0.5) is 0 Å². The smallest absolute Gasteiger partial charge is 0.0413 e. The second-order valence-electron chi connectivity index (χ2n) is 6.05. The van der Waals surface area contributed by atoms with Gasteiger partial charge in [-0.05, 0) is 43.2 Å². The molecule has 0 saturated heterocycles. The van der Waals surface area contributed by atoms with Crippen LogP contribution in [-0.2, 0) is 0 Å². The molecule has 0 fully saturated rings. The monoisotopic (exact) mass is 237 g/mol. The van der Waals surface area contributed by atoms with Gasteiger partial charge in [0.25, 0.3) is 0 Å². The first-order chi connectivity index (χ1) is 7.93. The SMILES string of the molecule is C/C=C/CC(C)(C)CC=NCC(C)C(C)CC. The van der Waals surface area contributed by atoms with Crippen LogP contribution in [0.2, 0.25) is 0 Å². The molecule has 0 rings (SSSR count). The molecule has 0 N–H and O–H groups in total. The molecule has 0 heterocycles. The molecule has 0 saturated carbocycles. The van der Waals surface area contributed by atoms with Crippen molar-refractivity contribution in [1.29, 1.82) is 0 Å². The normalized spacial score (nSPS) is 16.8. The summed E-state index contributed by atoms with van der Waals surface area (Å²) in [5, 5.41) is 0. The molecule has 0 aromatic carbocycles. The lowest BCUT2D eigenvalue weighted by Crippen LogP contribution is -2.12. The third-order valence-corrected chi connectivity index (χ3v) is 3.69. The molecular weight excluding hydrogens is 206 g/mol. The molecule has 2 unspecified atom stereocenters. The van der Waals surface area contributed by atoms with Gasteiger partial charge in [-0.2, -0.15) is 0 Å². The van der Waals surface area contributed by atoms with Gasteiger partial charge < -0.3 is 0 Å². The fourth-order valence-electron chi connectivity index (χ4n) is 1.66. The summed E-state index contributed by atoms with van der Waals surface area (Å²) in [5.41, 5.74) is 0.343. The van der Waals surface area contributed by atoms with Crippen molar-refractivity contribution in [2.75, 3.05) is 6.54 Å². The highest BCUT2D eigenvalue weighted by molar-refractivity contribution is 5.58. The van der Waals surface area contributed by atoms with Crippen molar-refractivity contribution in [2.24, 2.45) is 22.2 Å². The summed E-state index contributed by atoms with van der Waals surface area (Å²) >= 11 is 0. The topological polar surface area (TPSA) is 12.4 Å². The van der Waals surface area contributed by atoms with E-state index in [2.05, 4.69) is 64.9 Å². The van der Waals surface area contributed by atoms with Crippen molar-refractivity contribution in [2.45, 2.75) is 60.8 Å². The Labute approximate surface area is 108 Å². The molecule has 0 aromatic heterocycles. The van der Waals surface area contributed by atoms with E-state index in [9.17, 15) is 0 Å². The van der Waals surface area contributed by atoms with E-state index < -0.39 is 0 Å². The Bertz CT molecular complexity index is 238. The molecule has 0 spiro atoms. The Hall–Kier alpha value is -0.590. The number of hydrogen-bond donors (Lipinski definition) is 0. The molecule has 1 nitrogen and oxygen atoms in total. The highest BCUT2D eigenvalue weighted by atomic mass is 14.7. The van der Waals surface area contributed by atoms with Gasteiger partial charge in [-0.25, -0.2) is 0 Å². The second-order valence-corrected chi connectivity index (χ2v) is 6.05. The summed E-state index contributed by atoms with van der Waals surface area (Å²) in [7, 11) is 0. The van der Waals surface area contributed by atoms with Crippen LogP contribution in [0.25, 0.3) is 0 Å². The largest absolute Gasteiger partial charge is 0.297 e. The number of aliphatic imine (C=N–C) groups is 1. The fourth-order valence-corrected chi connectivity index (χ4v) is 1.66. The van der Waals surface area contributed by atoms with E-state index in [-0.39, 0.29) is 0 Å². The van der Waals surface area contributed by atoms with Gasteiger partial charge in [-0.3, -0.25) is 4.99 Å². The Morgan fingerprint density at radius 1 is 1.12 bits per heavy atom. The van der Waals surface area contributed by atoms with Crippen LogP contribution in [0.5, 0.6) is 0 Å². The summed E-state index contributed by atoms with van der Waals surface area (Å²) in [5.74, 6) is 1.48. The molecule has 0 radical (unpaired) electrons. The van der Waals surface area contributed by atoms with E-state index >= 15 is 0 Å². The Morgan fingerprint density at radius 2 is 1.76 bits per heavy atom. The van der Waals surface area contributed by atoms with Gasteiger partial charge in [-0.15, -0.1) is 0 Å². The average molecular weight is 237 g/mol. The predicted octanol–water partition coefficient (Wildman–Crippen LogP) is 5.12. The van der Waals surface area contributed by atoms with Gasteiger partial charge >= 0.3 is 0 Å². The zero-order valence-electron chi connectivity index (χ0n) is 12.7. The summed E-state index contributed by atoms with van der Waals surface area (Å²) in [6, 6.07) is 0. The van der Waals surface area contributed by atoms with E-state index in [0.29, 0.717) is 11.3 Å². The summed E-state index contributed by atoms with van der Waals surface area (Å²) in [6.45, 7) is 14.5. The van der Waals surface area contributed by atoms with E-state index in [1.807, 2.05) is 0 Å². The van der Waals surface area contributed by atoms with Crippen LogP contribution in [0.15, 0.2) is 17.1 Å². The fraction of sp³-hybridized carbons (Fsp3) is 0.812. The van der Waals surface area contributed by atoms with Gasteiger partial charge in [0.2, 0.25) is 0 Å². The third kappa shape index (κ3) is 8.18. The quantitative estimate of drug-likeness (QED) is 0.410. The van der Waals surface area contributed by atoms with Gasteiger partial charge in [0.05, 0.1) is 0 Å². The van der Waals surface area contributed by atoms with Gasteiger partial charge in [0.1, 0.15) is 0 Å². The van der Waals surface area contributed by atoms with Crippen LogP contribution in [0.3, 0.4) is 0 Å². The maximum Gasteiger partial charge on any atom is 0.0413 e.